The fraction of sp³-hybridized carbons (Fsp3) is 0.625. The monoisotopic (exact) mass is 246 g/mol. The number of benzene rings is 1. The van der Waals surface area contributed by atoms with Crippen LogP contribution in [0.4, 0.5) is 0 Å². The standard InChI is InChI=1S/C16H26N2/c1-4-14-7-5-6-8-15(14)16(9-17)18-10-12(2)13(3)11-18/h5-8,12-13,16H,4,9-11,17H2,1-3H3. The number of likely N-dealkylation sites (tertiary alicyclic amines) is 1. The fourth-order valence-corrected chi connectivity index (χ4v) is 3.08. The summed E-state index contributed by atoms with van der Waals surface area (Å²) in [6, 6.07) is 9.16. The van der Waals surface area contributed by atoms with E-state index in [-0.39, 0.29) is 0 Å². The average Bonchev–Trinajstić information content (AvgIpc) is 2.71. The van der Waals surface area contributed by atoms with Crippen molar-refractivity contribution in [2.24, 2.45) is 17.6 Å². The topological polar surface area (TPSA) is 29.3 Å². The molecule has 1 aromatic rings. The van der Waals surface area contributed by atoms with Gasteiger partial charge in [-0.3, -0.25) is 4.90 Å². The van der Waals surface area contributed by atoms with E-state index in [1.165, 1.54) is 24.2 Å². The maximum Gasteiger partial charge on any atom is 0.0473 e. The quantitative estimate of drug-likeness (QED) is 0.885. The highest BCUT2D eigenvalue weighted by Crippen LogP contribution is 2.31. The molecule has 0 aromatic heterocycles. The van der Waals surface area contributed by atoms with E-state index in [4.69, 9.17) is 5.73 Å². The molecule has 1 aliphatic rings. The molecule has 0 spiro atoms. The van der Waals surface area contributed by atoms with Gasteiger partial charge in [-0.2, -0.15) is 0 Å². The van der Waals surface area contributed by atoms with Crippen molar-refractivity contribution in [3.05, 3.63) is 35.4 Å². The average molecular weight is 246 g/mol. The normalized spacial score (nSPS) is 26.4. The molecule has 2 rings (SSSR count). The fourth-order valence-electron chi connectivity index (χ4n) is 3.08. The van der Waals surface area contributed by atoms with Crippen molar-refractivity contribution in [1.82, 2.24) is 4.90 Å². The van der Waals surface area contributed by atoms with Crippen molar-refractivity contribution in [2.75, 3.05) is 19.6 Å². The molecule has 3 unspecified atom stereocenters. The van der Waals surface area contributed by atoms with Crippen LogP contribution in [0, 0.1) is 11.8 Å². The summed E-state index contributed by atoms with van der Waals surface area (Å²) < 4.78 is 0. The van der Waals surface area contributed by atoms with Crippen LogP contribution in [0.15, 0.2) is 24.3 Å². The summed E-state index contributed by atoms with van der Waals surface area (Å²) in [6.07, 6.45) is 1.09. The van der Waals surface area contributed by atoms with E-state index in [0.717, 1.165) is 24.8 Å². The molecule has 1 heterocycles. The lowest BCUT2D eigenvalue weighted by atomic mass is 9.97. The lowest BCUT2D eigenvalue weighted by molar-refractivity contribution is 0.239. The largest absolute Gasteiger partial charge is 0.329 e. The van der Waals surface area contributed by atoms with E-state index < -0.39 is 0 Å². The maximum absolute atomic E-state index is 6.06. The number of hydrogen-bond donors (Lipinski definition) is 1. The summed E-state index contributed by atoms with van der Waals surface area (Å²) in [4.78, 5) is 2.57. The van der Waals surface area contributed by atoms with Gasteiger partial charge >= 0.3 is 0 Å². The summed E-state index contributed by atoms with van der Waals surface area (Å²) in [5, 5.41) is 0. The Morgan fingerprint density at radius 1 is 1.22 bits per heavy atom. The molecule has 0 aliphatic carbocycles. The highest BCUT2D eigenvalue weighted by Gasteiger charge is 2.31. The molecular formula is C16H26N2. The van der Waals surface area contributed by atoms with Crippen LogP contribution in [0.25, 0.3) is 0 Å². The predicted octanol–water partition coefficient (Wildman–Crippen LogP) is 2.84. The first-order valence-electron chi connectivity index (χ1n) is 7.19. The van der Waals surface area contributed by atoms with Gasteiger partial charge in [0.05, 0.1) is 0 Å². The van der Waals surface area contributed by atoms with Gasteiger partial charge in [0.1, 0.15) is 0 Å². The van der Waals surface area contributed by atoms with Gasteiger partial charge in [-0.25, -0.2) is 0 Å². The van der Waals surface area contributed by atoms with Crippen LogP contribution in [0.5, 0.6) is 0 Å². The lowest BCUT2D eigenvalue weighted by Crippen LogP contribution is -2.32. The third-order valence-electron chi connectivity index (χ3n) is 4.48. The first-order chi connectivity index (χ1) is 8.67. The van der Waals surface area contributed by atoms with Gasteiger partial charge in [-0.15, -0.1) is 0 Å². The summed E-state index contributed by atoms with van der Waals surface area (Å²) in [5.74, 6) is 1.57. The Kier molecular flexibility index (Phi) is 4.41. The van der Waals surface area contributed by atoms with E-state index in [1.807, 2.05) is 0 Å². The zero-order valence-corrected chi connectivity index (χ0v) is 11.9. The molecule has 1 aliphatic heterocycles. The summed E-state index contributed by atoms with van der Waals surface area (Å²) in [7, 11) is 0. The van der Waals surface area contributed by atoms with Crippen LogP contribution in [0.2, 0.25) is 0 Å². The first-order valence-corrected chi connectivity index (χ1v) is 7.19. The summed E-state index contributed by atoms with van der Waals surface area (Å²) >= 11 is 0. The molecule has 1 fully saturated rings. The zero-order chi connectivity index (χ0) is 13.1. The maximum atomic E-state index is 6.06. The molecule has 3 atom stereocenters. The molecule has 0 radical (unpaired) electrons. The van der Waals surface area contributed by atoms with E-state index in [2.05, 4.69) is 49.9 Å². The lowest BCUT2D eigenvalue weighted by Gasteiger charge is -2.28. The Morgan fingerprint density at radius 3 is 2.39 bits per heavy atom. The minimum absolute atomic E-state index is 0.397. The Morgan fingerprint density at radius 2 is 1.83 bits per heavy atom. The Labute approximate surface area is 111 Å². The van der Waals surface area contributed by atoms with Gasteiger partial charge in [-0.05, 0) is 29.4 Å². The van der Waals surface area contributed by atoms with E-state index in [0.29, 0.717) is 6.04 Å². The van der Waals surface area contributed by atoms with Crippen molar-refractivity contribution in [3.63, 3.8) is 0 Å². The number of nitrogens with two attached hydrogens (primary N) is 1. The molecule has 0 saturated carbocycles. The van der Waals surface area contributed by atoms with E-state index in [9.17, 15) is 0 Å². The number of nitrogens with zero attached hydrogens (tertiary/aromatic N) is 1. The molecule has 100 valence electrons. The van der Waals surface area contributed by atoms with Gasteiger partial charge in [-0.1, -0.05) is 45.0 Å². The van der Waals surface area contributed by atoms with Gasteiger partial charge < -0.3 is 5.73 Å². The zero-order valence-electron chi connectivity index (χ0n) is 11.9. The molecule has 18 heavy (non-hydrogen) atoms. The molecular weight excluding hydrogens is 220 g/mol. The molecule has 0 bridgehead atoms. The van der Waals surface area contributed by atoms with Crippen molar-refractivity contribution in [3.8, 4) is 0 Å². The first kappa shape index (κ1) is 13.6. The SMILES string of the molecule is CCc1ccccc1C(CN)N1CC(C)C(C)C1. The van der Waals surface area contributed by atoms with Crippen LogP contribution in [0.1, 0.15) is 37.9 Å². The highest BCUT2D eigenvalue weighted by atomic mass is 15.2. The van der Waals surface area contributed by atoms with Crippen molar-refractivity contribution >= 4 is 0 Å². The highest BCUT2D eigenvalue weighted by molar-refractivity contribution is 5.30. The van der Waals surface area contributed by atoms with Crippen molar-refractivity contribution in [2.45, 2.75) is 33.2 Å². The third kappa shape index (κ3) is 2.60. The molecule has 0 amide bonds. The number of aryl methyl sites for hydroxylation is 1. The Hall–Kier alpha value is -0.860. The van der Waals surface area contributed by atoms with Gasteiger partial charge in [0.2, 0.25) is 0 Å². The number of rotatable bonds is 4. The van der Waals surface area contributed by atoms with Crippen molar-refractivity contribution < 1.29 is 0 Å². The summed E-state index contributed by atoms with van der Waals surface area (Å²) in [5.41, 5.74) is 8.94. The molecule has 2 nitrogen and oxygen atoms in total. The summed E-state index contributed by atoms with van der Waals surface area (Å²) in [6.45, 7) is 10.0. The second-order valence-electron chi connectivity index (χ2n) is 5.71. The predicted molar refractivity (Wildman–Crippen MR) is 77.5 cm³/mol. The van der Waals surface area contributed by atoms with E-state index >= 15 is 0 Å². The van der Waals surface area contributed by atoms with Crippen LogP contribution in [0.3, 0.4) is 0 Å². The minimum Gasteiger partial charge on any atom is -0.329 e. The van der Waals surface area contributed by atoms with Crippen LogP contribution in [-0.4, -0.2) is 24.5 Å². The van der Waals surface area contributed by atoms with Crippen LogP contribution >= 0.6 is 0 Å². The van der Waals surface area contributed by atoms with Crippen molar-refractivity contribution in [1.29, 1.82) is 0 Å². The van der Waals surface area contributed by atoms with Crippen LogP contribution in [-0.2, 0) is 6.42 Å². The second-order valence-corrected chi connectivity index (χ2v) is 5.71. The Bertz CT molecular complexity index is 378. The minimum atomic E-state index is 0.397. The smallest absolute Gasteiger partial charge is 0.0473 e. The van der Waals surface area contributed by atoms with Gasteiger partial charge in [0, 0.05) is 25.7 Å². The molecule has 1 saturated heterocycles. The molecule has 2 heteroatoms. The molecule has 2 N–H and O–H groups in total. The van der Waals surface area contributed by atoms with Gasteiger partial charge in [0.25, 0.3) is 0 Å². The third-order valence-corrected chi connectivity index (χ3v) is 4.48. The molecule has 1 aromatic carbocycles. The number of hydrogen-bond acceptors (Lipinski definition) is 2. The van der Waals surface area contributed by atoms with Crippen LogP contribution < -0.4 is 5.73 Å². The van der Waals surface area contributed by atoms with E-state index in [1.54, 1.807) is 0 Å². The Balaban J connectivity index is 2.23. The second kappa shape index (κ2) is 5.85. The van der Waals surface area contributed by atoms with Gasteiger partial charge in [0.15, 0.2) is 0 Å².